The summed E-state index contributed by atoms with van der Waals surface area (Å²) in [6.07, 6.45) is 2.31. The number of anilines is 2. The molecule has 0 atom stereocenters. The third-order valence-electron chi connectivity index (χ3n) is 6.97. The topological polar surface area (TPSA) is 58.1 Å². The van der Waals surface area contributed by atoms with E-state index in [0.717, 1.165) is 42.9 Å². The van der Waals surface area contributed by atoms with Gasteiger partial charge in [0.05, 0.1) is 0 Å². The molecular formula is C30H30F3IN4O. The minimum atomic E-state index is -4.57. The van der Waals surface area contributed by atoms with Crippen molar-refractivity contribution < 1.29 is 18.0 Å². The fourth-order valence-corrected chi connectivity index (χ4v) is 9.35. The van der Waals surface area contributed by atoms with E-state index < -0.39 is 37.5 Å². The summed E-state index contributed by atoms with van der Waals surface area (Å²) in [6.45, 7) is 3.35. The molecule has 1 N–H and O–H groups in total. The maximum absolute atomic E-state index is 14.1. The van der Waals surface area contributed by atoms with Crippen molar-refractivity contribution in [2.45, 2.75) is 38.8 Å². The number of hydrogen-bond donors (Lipinski definition) is 1. The number of amides is 1. The van der Waals surface area contributed by atoms with Gasteiger partial charge in [-0.1, -0.05) is 6.92 Å². The van der Waals surface area contributed by atoms with Crippen molar-refractivity contribution in [2.24, 2.45) is 5.92 Å². The van der Waals surface area contributed by atoms with Gasteiger partial charge in [-0.05, 0) is 31.6 Å². The minimum absolute atomic E-state index is 0.0240. The van der Waals surface area contributed by atoms with E-state index in [4.69, 9.17) is 0 Å². The average molecular weight is 646 g/mol. The van der Waals surface area contributed by atoms with Crippen LogP contribution in [-0.4, -0.2) is 38.0 Å². The van der Waals surface area contributed by atoms with Crippen LogP contribution in [0.5, 0.6) is 0 Å². The molecule has 5 nitrogen and oxygen atoms in total. The van der Waals surface area contributed by atoms with Crippen LogP contribution in [0.2, 0.25) is 0 Å². The smallest absolute Gasteiger partial charge is 0.0490 e. The molecule has 0 saturated carbocycles. The zero-order valence-electron chi connectivity index (χ0n) is 21.7. The van der Waals surface area contributed by atoms with Gasteiger partial charge in [-0.2, -0.15) is 0 Å². The predicted octanol–water partition coefficient (Wildman–Crippen LogP) is 6.85. The number of carbonyl (C=O) groups excluding carboxylic acids is 1. The van der Waals surface area contributed by atoms with Crippen LogP contribution >= 0.6 is 19.8 Å². The summed E-state index contributed by atoms with van der Waals surface area (Å²) in [7, 11) is 0. The van der Waals surface area contributed by atoms with E-state index in [9.17, 15) is 18.0 Å². The molecule has 0 bridgehead atoms. The average Bonchev–Trinajstić information content (AvgIpc) is 3.75. The Morgan fingerprint density at radius 1 is 1.03 bits per heavy atom. The van der Waals surface area contributed by atoms with Crippen LogP contribution in [0.15, 0.2) is 54.9 Å². The molecule has 2 aromatic carbocycles. The molecule has 3 heterocycles. The van der Waals surface area contributed by atoms with Gasteiger partial charge in [-0.25, -0.2) is 0 Å². The first-order valence-corrected chi connectivity index (χ1v) is 17.2. The number of rotatable bonds is 4. The van der Waals surface area contributed by atoms with Crippen molar-refractivity contribution in [1.29, 1.82) is 0 Å². The van der Waals surface area contributed by atoms with Gasteiger partial charge in [0.1, 0.15) is 0 Å². The number of aromatic nitrogens is 2. The number of nitrogens with one attached hydrogen (secondary N) is 1. The molecule has 2 saturated heterocycles. The van der Waals surface area contributed by atoms with Crippen LogP contribution < -0.4 is 10.2 Å². The second-order valence-electron chi connectivity index (χ2n) is 9.97. The molecule has 0 unspecified atom stereocenters. The quantitative estimate of drug-likeness (QED) is 0.191. The van der Waals surface area contributed by atoms with Crippen molar-refractivity contribution in [2.75, 3.05) is 32.2 Å². The first-order valence-electron chi connectivity index (χ1n) is 13.1. The number of halogens is 4. The molecule has 2 aliphatic rings. The SMILES string of the molecule is CC1CCCN(c2ccc(C(=O)Nc3ccc(I4CC4)c(C#Cc4ccnnc4)c3)cc2C(F)(F)F)CCC1. The van der Waals surface area contributed by atoms with E-state index in [1.807, 2.05) is 23.1 Å². The van der Waals surface area contributed by atoms with Gasteiger partial charge >= 0.3 is 196 Å². The zero-order valence-corrected chi connectivity index (χ0v) is 23.8. The Morgan fingerprint density at radius 2 is 1.79 bits per heavy atom. The standard InChI is InChI=1S/C30H30F3IN4O/c1-21-4-2-16-38(17-3-5-21)28-11-8-24(19-26(28)30(31,32)33)29(39)37-25-9-10-27(34-13-14-34)23(18-25)7-6-22-12-15-35-36-20-22/h8-12,15,18-21H,2-5,13-14,16-17H2,1H3,(H,37,39). The van der Waals surface area contributed by atoms with Gasteiger partial charge in [0, 0.05) is 0 Å². The molecule has 3 aromatic rings. The molecule has 0 radical (unpaired) electrons. The van der Waals surface area contributed by atoms with Crippen molar-refractivity contribution >= 4 is 37.1 Å². The fraction of sp³-hybridized carbons (Fsp3) is 0.367. The van der Waals surface area contributed by atoms with E-state index in [-0.39, 0.29) is 11.3 Å². The third-order valence-corrected chi connectivity index (χ3v) is 11.7. The van der Waals surface area contributed by atoms with E-state index >= 15 is 0 Å². The van der Waals surface area contributed by atoms with Crippen LogP contribution in [0.1, 0.15) is 59.7 Å². The summed E-state index contributed by atoms with van der Waals surface area (Å²) in [6, 6.07) is 11.4. The summed E-state index contributed by atoms with van der Waals surface area (Å²) in [5.74, 6) is 6.32. The number of hydrogen-bond acceptors (Lipinski definition) is 4. The van der Waals surface area contributed by atoms with Gasteiger partial charge in [-0.15, -0.1) is 0 Å². The van der Waals surface area contributed by atoms with E-state index in [2.05, 4.69) is 34.3 Å². The second kappa shape index (κ2) is 11.9. The Bertz CT molecular complexity index is 1390. The zero-order chi connectivity index (χ0) is 27.4. The Morgan fingerprint density at radius 3 is 2.46 bits per heavy atom. The van der Waals surface area contributed by atoms with E-state index in [1.54, 1.807) is 18.5 Å². The molecule has 1 aromatic heterocycles. The molecule has 2 aliphatic heterocycles. The molecule has 5 rings (SSSR count). The summed E-state index contributed by atoms with van der Waals surface area (Å²) >= 11 is -1.17. The number of nitrogens with zero attached hydrogens (tertiary/aromatic N) is 3. The third kappa shape index (κ3) is 7.10. The normalized spacial score (nSPS) is 17.0. The van der Waals surface area contributed by atoms with E-state index in [0.29, 0.717) is 24.7 Å². The molecule has 9 heteroatoms. The van der Waals surface area contributed by atoms with Crippen LogP contribution in [0, 0.1) is 21.3 Å². The van der Waals surface area contributed by atoms with E-state index in [1.165, 1.54) is 24.6 Å². The first-order chi connectivity index (χ1) is 18.8. The Balaban J connectivity index is 1.39. The van der Waals surface area contributed by atoms with Gasteiger partial charge in [0.15, 0.2) is 0 Å². The van der Waals surface area contributed by atoms with Crippen LogP contribution in [0.3, 0.4) is 0 Å². The Kier molecular flexibility index (Phi) is 8.40. The fourth-order valence-electron chi connectivity index (χ4n) is 4.82. The summed E-state index contributed by atoms with van der Waals surface area (Å²) in [4.78, 5) is 14.9. The Labute approximate surface area is 234 Å². The Hall–Kier alpha value is -3.13. The van der Waals surface area contributed by atoms with Gasteiger partial charge in [0.25, 0.3) is 0 Å². The van der Waals surface area contributed by atoms with Crippen LogP contribution in [-0.2, 0) is 6.18 Å². The number of carbonyl (C=O) groups is 1. The van der Waals surface area contributed by atoms with Gasteiger partial charge in [0.2, 0.25) is 0 Å². The monoisotopic (exact) mass is 646 g/mol. The summed E-state index contributed by atoms with van der Waals surface area (Å²) in [5, 5.41) is 10.4. The maximum atomic E-state index is 14.1. The van der Waals surface area contributed by atoms with Crippen LogP contribution in [0.4, 0.5) is 24.5 Å². The minimum Gasteiger partial charge on any atom is -0.0490 e. The molecule has 39 heavy (non-hydrogen) atoms. The van der Waals surface area contributed by atoms with Gasteiger partial charge < -0.3 is 0 Å². The molecule has 1 amide bonds. The molecule has 204 valence electrons. The molecule has 0 spiro atoms. The summed E-state index contributed by atoms with van der Waals surface area (Å²) in [5.41, 5.74) is 1.45. The van der Waals surface area contributed by atoms with Crippen molar-refractivity contribution in [3.63, 3.8) is 0 Å². The number of benzene rings is 2. The van der Waals surface area contributed by atoms with Crippen molar-refractivity contribution in [1.82, 2.24) is 10.2 Å². The molecule has 0 aliphatic carbocycles. The van der Waals surface area contributed by atoms with Gasteiger partial charge in [-0.3, -0.25) is 0 Å². The molecule has 2 fully saturated rings. The van der Waals surface area contributed by atoms with Crippen LogP contribution in [0.25, 0.3) is 0 Å². The summed E-state index contributed by atoms with van der Waals surface area (Å²) < 4.78 is 46.2. The first kappa shape index (κ1) is 27.4. The molecular weight excluding hydrogens is 616 g/mol. The predicted molar refractivity (Wildman–Crippen MR) is 156 cm³/mol. The number of alkyl halides is 5. The second-order valence-corrected chi connectivity index (χ2v) is 15.9. The van der Waals surface area contributed by atoms with Crippen molar-refractivity contribution in [3.8, 4) is 11.8 Å². The van der Waals surface area contributed by atoms with Crippen molar-refractivity contribution in [3.05, 3.63) is 80.7 Å².